The largest absolute Gasteiger partial charge is 0.464 e. The zero-order chi connectivity index (χ0) is 13.0. The van der Waals surface area contributed by atoms with Gasteiger partial charge in [0.25, 0.3) is 0 Å². The lowest BCUT2D eigenvalue weighted by molar-refractivity contribution is 0.0594. The zero-order valence-electron chi connectivity index (χ0n) is 11.2. The highest BCUT2D eigenvalue weighted by Gasteiger charge is 2.20. The molecule has 4 heteroatoms. The molecule has 4 nitrogen and oxygen atoms in total. The first-order valence-corrected chi connectivity index (χ1v) is 6.66. The quantitative estimate of drug-likeness (QED) is 0.789. The lowest BCUT2D eigenvalue weighted by Gasteiger charge is -2.10. The lowest BCUT2D eigenvalue weighted by Crippen LogP contribution is -2.21. The predicted octanol–water partition coefficient (Wildman–Crippen LogP) is 2.33. The third-order valence-electron chi connectivity index (χ3n) is 3.70. The van der Waals surface area contributed by atoms with Gasteiger partial charge in [-0.1, -0.05) is 13.3 Å². The summed E-state index contributed by atoms with van der Waals surface area (Å²) in [5.74, 6) is 1.38. The van der Waals surface area contributed by atoms with Gasteiger partial charge in [0.05, 0.1) is 7.11 Å². The maximum Gasteiger partial charge on any atom is 0.354 e. The number of aromatic amines is 1. The molecular weight excluding hydrogens is 228 g/mol. The minimum atomic E-state index is -0.314. The number of aromatic nitrogens is 1. The summed E-state index contributed by atoms with van der Waals surface area (Å²) in [6.07, 6.45) is 4.04. The van der Waals surface area contributed by atoms with E-state index in [1.165, 1.54) is 26.4 Å². The molecular formula is C14H22N2O2. The van der Waals surface area contributed by atoms with Crippen LogP contribution in [0.2, 0.25) is 0 Å². The topological polar surface area (TPSA) is 54.1 Å². The molecule has 1 fully saturated rings. The van der Waals surface area contributed by atoms with Crippen LogP contribution < -0.4 is 5.32 Å². The summed E-state index contributed by atoms with van der Waals surface area (Å²) in [6.45, 7) is 4.17. The van der Waals surface area contributed by atoms with Crippen LogP contribution >= 0.6 is 0 Å². The zero-order valence-corrected chi connectivity index (χ0v) is 11.2. The van der Waals surface area contributed by atoms with E-state index in [4.69, 9.17) is 0 Å². The van der Waals surface area contributed by atoms with Gasteiger partial charge in [-0.25, -0.2) is 4.79 Å². The van der Waals surface area contributed by atoms with Crippen LogP contribution in [0.5, 0.6) is 0 Å². The molecule has 0 aromatic carbocycles. The van der Waals surface area contributed by atoms with Crippen LogP contribution in [0.3, 0.4) is 0 Å². The number of hydrogen-bond acceptors (Lipinski definition) is 3. The minimum Gasteiger partial charge on any atom is -0.464 e. The second kappa shape index (κ2) is 6.05. The number of methoxy groups -OCH3 is 1. The third kappa shape index (κ3) is 3.35. The number of nitrogens with one attached hydrogen (secondary N) is 2. The maximum absolute atomic E-state index is 11.3. The molecule has 1 aromatic rings. The van der Waals surface area contributed by atoms with Crippen LogP contribution in [0.25, 0.3) is 0 Å². The Morgan fingerprint density at radius 3 is 3.00 bits per heavy atom. The van der Waals surface area contributed by atoms with Gasteiger partial charge in [-0.2, -0.15) is 0 Å². The van der Waals surface area contributed by atoms with E-state index in [9.17, 15) is 4.79 Å². The van der Waals surface area contributed by atoms with Crippen molar-refractivity contribution in [1.82, 2.24) is 10.3 Å². The first-order chi connectivity index (χ1) is 8.69. The van der Waals surface area contributed by atoms with Crippen molar-refractivity contribution in [2.24, 2.45) is 11.8 Å². The molecule has 2 rings (SSSR count). The molecule has 2 atom stereocenters. The molecule has 2 N–H and O–H groups in total. The van der Waals surface area contributed by atoms with Crippen LogP contribution in [0, 0.1) is 11.8 Å². The number of hydrogen-bond donors (Lipinski definition) is 2. The van der Waals surface area contributed by atoms with Crippen LogP contribution in [-0.2, 0) is 11.3 Å². The Labute approximate surface area is 108 Å². The van der Waals surface area contributed by atoms with Crippen LogP contribution in [0.15, 0.2) is 12.1 Å². The van der Waals surface area contributed by atoms with E-state index in [0.29, 0.717) is 5.69 Å². The Hall–Kier alpha value is -1.29. The van der Waals surface area contributed by atoms with Gasteiger partial charge in [-0.05, 0) is 43.4 Å². The molecule has 0 radical (unpaired) electrons. The summed E-state index contributed by atoms with van der Waals surface area (Å²) in [7, 11) is 1.39. The van der Waals surface area contributed by atoms with E-state index in [2.05, 4.69) is 22.0 Å². The summed E-state index contributed by atoms with van der Waals surface area (Å²) in [4.78, 5) is 14.3. The Morgan fingerprint density at radius 2 is 2.33 bits per heavy atom. The molecule has 0 saturated heterocycles. The van der Waals surface area contributed by atoms with Crippen molar-refractivity contribution in [2.45, 2.75) is 32.7 Å². The van der Waals surface area contributed by atoms with Gasteiger partial charge in [0.2, 0.25) is 0 Å². The molecule has 0 amide bonds. The lowest BCUT2D eigenvalue weighted by atomic mass is 10.1. The second-order valence-electron chi connectivity index (χ2n) is 5.30. The molecule has 0 bridgehead atoms. The van der Waals surface area contributed by atoms with Crippen LogP contribution in [0.4, 0.5) is 0 Å². The van der Waals surface area contributed by atoms with E-state index >= 15 is 0 Å². The highest BCUT2D eigenvalue weighted by atomic mass is 16.5. The molecule has 1 aliphatic carbocycles. The van der Waals surface area contributed by atoms with Crippen molar-refractivity contribution in [2.75, 3.05) is 13.7 Å². The van der Waals surface area contributed by atoms with Crippen LogP contribution in [0.1, 0.15) is 42.4 Å². The second-order valence-corrected chi connectivity index (χ2v) is 5.30. The first kappa shape index (κ1) is 13.1. The van der Waals surface area contributed by atoms with Crippen molar-refractivity contribution in [3.8, 4) is 0 Å². The predicted molar refractivity (Wildman–Crippen MR) is 70.3 cm³/mol. The van der Waals surface area contributed by atoms with Gasteiger partial charge in [0.15, 0.2) is 0 Å². The third-order valence-corrected chi connectivity index (χ3v) is 3.70. The SMILES string of the molecule is COC(=O)c1ccc(CNCC2CCC(C)C2)[nH]1. The number of carbonyl (C=O) groups excluding carboxylic acids is 1. The Morgan fingerprint density at radius 1 is 1.50 bits per heavy atom. The number of H-pyrrole nitrogens is 1. The molecule has 1 saturated carbocycles. The minimum absolute atomic E-state index is 0.314. The molecule has 0 spiro atoms. The highest BCUT2D eigenvalue weighted by molar-refractivity contribution is 5.87. The summed E-state index contributed by atoms with van der Waals surface area (Å²) in [5.41, 5.74) is 1.55. The normalized spacial score (nSPS) is 23.2. The standard InChI is InChI=1S/C14H22N2O2/c1-10-3-4-11(7-10)8-15-9-12-5-6-13(16-12)14(17)18-2/h5-6,10-11,15-16H,3-4,7-9H2,1-2H3. The first-order valence-electron chi connectivity index (χ1n) is 6.66. The van der Waals surface area contributed by atoms with Gasteiger partial charge < -0.3 is 15.0 Å². The number of rotatable bonds is 5. The summed E-state index contributed by atoms with van der Waals surface area (Å²) in [5, 5.41) is 3.45. The van der Waals surface area contributed by atoms with Crippen molar-refractivity contribution in [3.63, 3.8) is 0 Å². The fraction of sp³-hybridized carbons (Fsp3) is 0.643. The molecule has 1 aliphatic rings. The van der Waals surface area contributed by atoms with Crippen molar-refractivity contribution >= 4 is 5.97 Å². The van der Waals surface area contributed by atoms with Gasteiger partial charge in [0.1, 0.15) is 5.69 Å². The highest BCUT2D eigenvalue weighted by Crippen LogP contribution is 2.29. The van der Waals surface area contributed by atoms with Gasteiger partial charge >= 0.3 is 5.97 Å². The fourth-order valence-corrected chi connectivity index (χ4v) is 2.69. The summed E-state index contributed by atoms with van der Waals surface area (Å²) < 4.78 is 4.66. The van der Waals surface area contributed by atoms with E-state index in [-0.39, 0.29) is 5.97 Å². The molecule has 1 aromatic heterocycles. The monoisotopic (exact) mass is 250 g/mol. The maximum atomic E-state index is 11.3. The molecule has 1 heterocycles. The fourth-order valence-electron chi connectivity index (χ4n) is 2.69. The van der Waals surface area contributed by atoms with Gasteiger partial charge in [-0.3, -0.25) is 0 Å². The molecule has 100 valence electrons. The Bertz CT molecular complexity index is 400. The average Bonchev–Trinajstić information content (AvgIpc) is 2.98. The Kier molecular flexibility index (Phi) is 4.42. The molecule has 0 aliphatic heterocycles. The van der Waals surface area contributed by atoms with E-state index in [1.54, 1.807) is 6.07 Å². The van der Waals surface area contributed by atoms with Crippen molar-refractivity contribution in [3.05, 3.63) is 23.5 Å². The van der Waals surface area contributed by atoms with E-state index in [0.717, 1.165) is 30.6 Å². The van der Waals surface area contributed by atoms with Gasteiger partial charge in [-0.15, -0.1) is 0 Å². The van der Waals surface area contributed by atoms with Crippen molar-refractivity contribution < 1.29 is 9.53 Å². The smallest absolute Gasteiger partial charge is 0.354 e. The average molecular weight is 250 g/mol. The number of ether oxygens (including phenoxy) is 1. The molecule has 2 unspecified atom stereocenters. The molecule has 18 heavy (non-hydrogen) atoms. The van der Waals surface area contributed by atoms with Gasteiger partial charge in [0, 0.05) is 12.2 Å². The van der Waals surface area contributed by atoms with E-state index < -0.39 is 0 Å². The number of carbonyl (C=O) groups is 1. The summed E-state index contributed by atoms with van der Waals surface area (Å²) in [6, 6.07) is 3.69. The van der Waals surface area contributed by atoms with E-state index in [1.807, 2.05) is 6.07 Å². The Balaban J connectivity index is 1.73. The number of esters is 1. The van der Waals surface area contributed by atoms with Crippen molar-refractivity contribution in [1.29, 1.82) is 0 Å². The van der Waals surface area contributed by atoms with Crippen LogP contribution in [-0.4, -0.2) is 24.6 Å². The summed E-state index contributed by atoms with van der Waals surface area (Å²) >= 11 is 0.